The van der Waals surface area contributed by atoms with Gasteiger partial charge in [0, 0.05) is 11.4 Å². The number of thiophene rings is 1. The fourth-order valence-electron chi connectivity index (χ4n) is 1.76. The van der Waals surface area contributed by atoms with Gasteiger partial charge in [0.05, 0.1) is 8.81 Å². The van der Waals surface area contributed by atoms with Crippen molar-refractivity contribution in [2.45, 2.75) is 26.5 Å². The van der Waals surface area contributed by atoms with E-state index < -0.39 is 0 Å². The van der Waals surface area contributed by atoms with Crippen LogP contribution in [0, 0.1) is 0 Å². The summed E-state index contributed by atoms with van der Waals surface area (Å²) in [7, 11) is 0. The lowest BCUT2D eigenvalue weighted by atomic mass is 10.2. The van der Waals surface area contributed by atoms with E-state index in [1.165, 1.54) is 10.4 Å². The van der Waals surface area contributed by atoms with Crippen molar-refractivity contribution in [2.24, 2.45) is 0 Å². The quantitative estimate of drug-likeness (QED) is 0.669. The van der Waals surface area contributed by atoms with Crippen LogP contribution in [0.2, 0.25) is 5.02 Å². The Morgan fingerprint density at radius 2 is 2.15 bits per heavy atom. The van der Waals surface area contributed by atoms with Gasteiger partial charge in [0.15, 0.2) is 0 Å². The summed E-state index contributed by atoms with van der Waals surface area (Å²) < 4.78 is 6.86. The van der Waals surface area contributed by atoms with Crippen molar-refractivity contribution in [1.82, 2.24) is 5.32 Å². The molecule has 0 saturated heterocycles. The van der Waals surface area contributed by atoms with Crippen LogP contribution in [0.1, 0.15) is 23.8 Å². The average molecular weight is 375 g/mol. The number of ether oxygens (including phenoxy) is 1. The number of benzene rings is 1. The first kappa shape index (κ1) is 15.8. The van der Waals surface area contributed by atoms with Crippen molar-refractivity contribution in [2.75, 3.05) is 6.54 Å². The molecule has 0 spiro atoms. The highest BCUT2D eigenvalue weighted by Crippen LogP contribution is 2.28. The lowest BCUT2D eigenvalue weighted by Gasteiger charge is -2.09. The van der Waals surface area contributed by atoms with Crippen molar-refractivity contribution in [3.63, 3.8) is 0 Å². The maximum Gasteiger partial charge on any atom is 0.138 e. The molecule has 1 N–H and O–H groups in total. The standard InChI is InChI=1S/C15H17BrClNOS/c1-2-7-18-9-11-3-5-14(13(17)8-11)19-10-12-4-6-15(16)20-12/h3-6,8,18H,2,7,9-10H2,1H3. The molecule has 0 unspecified atom stereocenters. The highest BCUT2D eigenvalue weighted by molar-refractivity contribution is 9.11. The average Bonchev–Trinajstić information content (AvgIpc) is 2.84. The zero-order valence-electron chi connectivity index (χ0n) is 11.3. The Labute approximate surface area is 137 Å². The molecule has 0 amide bonds. The maximum absolute atomic E-state index is 6.26. The summed E-state index contributed by atoms with van der Waals surface area (Å²) in [5, 5.41) is 4.02. The van der Waals surface area contributed by atoms with Crippen LogP contribution in [0.3, 0.4) is 0 Å². The highest BCUT2D eigenvalue weighted by Gasteiger charge is 2.05. The van der Waals surface area contributed by atoms with Crippen LogP contribution >= 0.6 is 38.9 Å². The van der Waals surface area contributed by atoms with E-state index in [2.05, 4.69) is 28.2 Å². The van der Waals surface area contributed by atoms with Crippen molar-refractivity contribution in [1.29, 1.82) is 0 Å². The van der Waals surface area contributed by atoms with Crippen LogP contribution in [-0.4, -0.2) is 6.54 Å². The summed E-state index contributed by atoms with van der Waals surface area (Å²) in [6.45, 7) is 4.55. The molecule has 0 fully saturated rings. The van der Waals surface area contributed by atoms with E-state index in [0.717, 1.165) is 29.0 Å². The highest BCUT2D eigenvalue weighted by atomic mass is 79.9. The molecule has 108 valence electrons. The minimum atomic E-state index is 0.545. The van der Waals surface area contributed by atoms with Gasteiger partial charge >= 0.3 is 0 Å². The summed E-state index contributed by atoms with van der Waals surface area (Å²) in [6, 6.07) is 10.0. The second-order valence-electron chi connectivity index (χ2n) is 4.44. The summed E-state index contributed by atoms with van der Waals surface area (Å²) in [6.07, 6.45) is 1.13. The molecule has 0 bridgehead atoms. The third-order valence-corrected chi connectivity index (χ3v) is 4.64. The van der Waals surface area contributed by atoms with E-state index >= 15 is 0 Å². The Morgan fingerprint density at radius 3 is 2.80 bits per heavy atom. The van der Waals surface area contributed by atoms with Crippen molar-refractivity contribution in [3.8, 4) is 5.75 Å². The Hall–Kier alpha value is -0.550. The van der Waals surface area contributed by atoms with Gasteiger partial charge in [-0.3, -0.25) is 0 Å². The topological polar surface area (TPSA) is 21.3 Å². The van der Waals surface area contributed by atoms with Gasteiger partial charge in [-0.1, -0.05) is 24.6 Å². The molecular formula is C15H17BrClNOS. The molecule has 2 rings (SSSR count). The Bertz CT molecular complexity index is 559. The smallest absolute Gasteiger partial charge is 0.138 e. The molecule has 2 aromatic rings. The van der Waals surface area contributed by atoms with E-state index in [0.29, 0.717) is 11.6 Å². The summed E-state index contributed by atoms with van der Waals surface area (Å²) in [4.78, 5) is 1.17. The summed E-state index contributed by atoms with van der Waals surface area (Å²) in [5.41, 5.74) is 1.18. The van der Waals surface area contributed by atoms with E-state index in [1.807, 2.05) is 30.3 Å². The molecule has 1 aromatic carbocycles. The van der Waals surface area contributed by atoms with Crippen LogP contribution < -0.4 is 10.1 Å². The fourth-order valence-corrected chi connectivity index (χ4v) is 3.41. The first-order valence-electron chi connectivity index (χ1n) is 6.55. The molecule has 0 aliphatic heterocycles. The predicted octanol–water partition coefficient (Wildman–Crippen LogP) is 5.24. The van der Waals surface area contributed by atoms with E-state index in [4.69, 9.17) is 16.3 Å². The van der Waals surface area contributed by atoms with Crippen molar-refractivity contribution in [3.05, 3.63) is 49.6 Å². The van der Waals surface area contributed by atoms with E-state index in [9.17, 15) is 0 Å². The van der Waals surface area contributed by atoms with E-state index in [1.54, 1.807) is 11.3 Å². The maximum atomic E-state index is 6.26. The number of hydrogen-bond acceptors (Lipinski definition) is 3. The first-order valence-corrected chi connectivity index (χ1v) is 8.54. The number of nitrogens with one attached hydrogen (secondary N) is 1. The molecule has 1 heterocycles. The minimum absolute atomic E-state index is 0.545. The minimum Gasteiger partial charge on any atom is -0.487 e. The number of rotatable bonds is 7. The lowest BCUT2D eigenvalue weighted by Crippen LogP contribution is -2.13. The normalized spacial score (nSPS) is 10.8. The third-order valence-electron chi connectivity index (χ3n) is 2.75. The van der Waals surface area contributed by atoms with Gasteiger partial charge in [0.2, 0.25) is 0 Å². The molecule has 2 nitrogen and oxygen atoms in total. The molecular weight excluding hydrogens is 358 g/mol. The van der Waals surface area contributed by atoms with Gasteiger partial charge in [-0.05, 0) is 58.7 Å². The van der Waals surface area contributed by atoms with Crippen LogP contribution in [0.25, 0.3) is 0 Å². The fraction of sp³-hybridized carbons (Fsp3) is 0.333. The Morgan fingerprint density at radius 1 is 1.30 bits per heavy atom. The monoisotopic (exact) mass is 373 g/mol. The summed E-state index contributed by atoms with van der Waals surface area (Å²) in [5.74, 6) is 0.732. The molecule has 0 atom stereocenters. The zero-order chi connectivity index (χ0) is 14.4. The molecule has 0 aliphatic carbocycles. The molecule has 0 aliphatic rings. The Kier molecular flexibility index (Phi) is 6.36. The van der Waals surface area contributed by atoms with Gasteiger partial charge in [0.25, 0.3) is 0 Å². The third kappa shape index (κ3) is 4.77. The first-order chi connectivity index (χ1) is 9.69. The number of hydrogen-bond donors (Lipinski definition) is 1. The zero-order valence-corrected chi connectivity index (χ0v) is 14.4. The van der Waals surface area contributed by atoms with Crippen molar-refractivity contribution < 1.29 is 4.74 Å². The second-order valence-corrected chi connectivity index (χ2v) is 7.39. The van der Waals surface area contributed by atoms with Crippen LogP contribution in [0.4, 0.5) is 0 Å². The predicted molar refractivity (Wildman–Crippen MR) is 89.8 cm³/mol. The molecule has 1 aromatic heterocycles. The van der Waals surface area contributed by atoms with Crippen LogP contribution in [0.15, 0.2) is 34.1 Å². The van der Waals surface area contributed by atoms with Gasteiger partial charge in [-0.2, -0.15) is 0 Å². The van der Waals surface area contributed by atoms with Gasteiger partial charge in [-0.25, -0.2) is 0 Å². The lowest BCUT2D eigenvalue weighted by molar-refractivity contribution is 0.310. The molecule has 5 heteroatoms. The Balaban J connectivity index is 1.92. The van der Waals surface area contributed by atoms with Crippen LogP contribution in [0.5, 0.6) is 5.75 Å². The van der Waals surface area contributed by atoms with Crippen LogP contribution in [-0.2, 0) is 13.2 Å². The van der Waals surface area contributed by atoms with Gasteiger partial charge < -0.3 is 10.1 Å². The molecule has 0 saturated carbocycles. The van der Waals surface area contributed by atoms with Gasteiger partial charge in [-0.15, -0.1) is 11.3 Å². The van der Waals surface area contributed by atoms with E-state index in [-0.39, 0.29) is 0 Å². The molecule has 20 heavy (non-hydrogen) atoms. The second kappa shape index (κ2) is 8.03. The SMILES string of the molecule is CCCNCc1ccc(OCc2ccc(Br)s2)c(Cl)c1. The van der Waals surface area contributed by atoms with Crippen molar-refractivity contribution >= 4 is 38.9 Å². The van der Waals surface area contributed by atoms with Gasteiger partial charge in [0.1, 0.15) is 12.4 Å². The summed E-state index contributed by atoms with van der Waals surface area (Å²) >= 11 is 11.4. The molecule has 0 radical (unpaired) electrons. The largest absolute Gasteiger partial charge is 0.487 e. The number of halogens is 2.